The summed E-state index contributed by atoms with van der Waals surface area (Å²) in [5.41, 5.74) is 2.59. The number of aliphatic imine (C=N–C) groups is 1. The third-order valence-electron chi connectivity index (χ3n) is 4.28. The lowest BCUT2D eigenvalue weighted by Gasteiger charge is -2.21. The molecule has 0 unspecified atom stereocenters. The van der Waals surface area contributed by atoms with Gasteiger partial charge in [0.1, 0.15) is 17.4 Å². The molecule has 1 heterocycles. The SMILES string of the molecule is CN=C(NCCc1ccc(F)cc1)NCCc1cc(F)cc2c1OCOC2.I. The van der Waals surface area contributed by atoms with Crippen LogP contribution in [-0.2, 0) is 24.2 Å². The maximum absolute atomic E-state index is 13.8. The summed E-state index contributed by atoms with van der Waals surface area (Å²) in [4.78, 5) is 4.18. The van der Waals surface area contributed by atoms with E-state index in [4.69, 9.17) is 9.47 Å². The molecule has 0 bridgehead atoms. The highest BCUT2D eigenvalue weighted by Gasteiger charge is 2.16. The monoisotopic (exact) mass is 503 g/mol. The summed E-state index contributed by atoms with van der Waals surface area (Å²) in [6, 6.07) is 9.39. The summed E-state index contributed by atoms with van der Waals surface area (Å²) in [5.74, 6) is 0.842. The van der Waals surface area contributed by atoms with Crippen LogP contribution >= 0.6 is 24.0 Å². The second kappa shape index (κ2) is 11.2. The number of guanidine groups is 1. The molecule has 5 nitrogen and oxygen atoms in total. The Balaban J connectivity index is 0.00000280. The number of nitrogens with zero attached hydrogens (tertiary/aromatic N) is 1. The summed E-state index contributed by atoms with van der Waals surface area (Å²) >= 11 is 0. The maximum atomic E-state index is 13.8. The lowest BCUT2D eigenvalue weighted by atomic mass is 10.1. The smallest absolute Gasteiger partial charge is 0.190 e. The zero-order valence-electron chi connectivity index (χ0n) is 15.6. The first-order valence-corrected chi connectivity index (χ1v) is 8.86. The highest BCUT2D eigenvalue weighted by Crippen LogP contribution is 2.29. The van der Waals surface area contributed by atoms with Crippen molar-refractivity contribution in [3.63, 3.8) is 0 Å². The average molecular weight is 503 g/mol. The third kappa shape index (κ3) is 6.30. The standard InChI is InChI=1S/C20H23F2N3O2.HI/c1-23-20(24-8-6-14-2-4-17(21)5-3-14)25-9-7-15-10-18(22)11-16-12-26-13-27-19(15)16;/h2-5,10-11H,6-9,12-13H2,1H3,(H2,23,24,25);1H. The van der Waals surface area contributed by atoms with E-state index in [9.17, 15) is 8.78 Å². The summed E-state index contributed by atoms with van der Waals surface area (Å²) < 4.78 is 37.4. The van der Waals surface area contributed by atoms with E-state index in [1.165, 1.54) is 24.3 Å². The van der Waals surface area contributed by atoms with Crippen LogP contribution in [0.15, 0.2) is 41.4 Å². The van der Waals surface area contributed by atoms with Crippen LogP contribution in [0.25, 0.3) is 0 Å². The summed E-state index contributed by atoms with van der Waals surface area (Å²) in [6.45, 7) is 1.79. The number of benzene rings is 2. The molecule has 0 atom stereocenters. The fourth-order valence-electron chi connectivity index (χ4n) is 2.95. The Hall–Kier alpha value is -1.94. The molecule has 2 aromatic carbocycles. The van der Waals surface area contributed by atoms with Crippen molar-refractivity contribution in [2.45, 2.75) is 19.4 Å². The van der Waals surface area contributed by atoms with Gasteiger partial charge in [0.15, 0.2) is 12.8 Å². The summed E-state index contributed by atoms with van der Waals surface area (Å²) in [6.07, 6.45) is 1.35. The van der Waals surface area contributed by atoms with Crippen LogP contribution in [0.2, 0.25) is 0 Å². The second-order valence-corrected chi connectivity index (χ2v) is 6.22. The first kappa shape index (κ1) is 22.4. The van der Waals surface area contributed by atoms with Crippen molar-refractivity contribution in [3.05, 3.63) is 64.7 Å². The molecule has 3 rings (SSSR count). The van der Waals surface area contributed by atoms with Gasteiger partial charge in [0.2, 0.25) is 0 Å². The van der Waals surface area contributed by atoms with Crippen molar-refractivity contribution in [2.24, 2.45) is 4.99 Å². The Bertz CT molecular complexity index is 801. The van der Waals surface area contributed by atoms with Crippen LogP contribution in [0.3, 0.4) is 0 Å². The molecule has 0 saturated carbocycles. The number of ether oxygens (including phenoxy) is 2. The van der Waals surface area contributed by atoms with E-state index in [-0.39, 0.29) is 42.4 Å². The lowest BCUT2D eigenvalue weighted by molar-refractivity contribution is -0.0172. The Kier molecular flexibility index (Phi) is 8.91. The Morgan fingerprint density at radius 1 is 1.04 bits per heavy atom. The van der Waals surface area contributed by atoms with Crippen LogP contribution < -0.4 is 15.4 Å². The topological polar surface area (TPSA) is 54.9 Å². The van der Waals surface area contributed by atoms with Gasteiger partial charge in [-0.1, -0.05) is 12.1 Å². The minimum Gasteiger partial charge on any atom is -0.467 e. The van der Waals surface area contributed by atoms with Crippen molar-refractivity contribution >= 4 is 29.9 Å². The maximum Gasteiger partial charge on any atom is 0.190 e. The zero-order valence-corrected chi connectivity index (χ0v) is 18.0. The van der Waals surface area contributed by atoms with Crippen molar-refractivity contribution in [1.29, 1.82) is 0 Å². The number of halogens is 3. The Labute approximate surface area is 180 Å². The molecule has 8 heteroatoms. The minimum absolute atomic E-state index is 0. The molecule has 152 valence electrons. The quantitative estimate of drug-likeness (QED) is 0.361. The predicted octanol–water partition coefficient (Wildman–Crippen LogP) is 3.40. The van der Waals surface area contributed by atoms with Gasteiger partial charge in [0.25, 0.3) is 0 Å². The van der Waals surface area contributed by atoms with Crippen molar-refractivity contribution < 1.29 is 18.3 Å². The van der Waals surface area contributed by atoms with E-state index < -0.39 is 0 Å². The number of nitrogens with one attached hydrogen (secondary N) is 2. The highest BCUT2D eigenvalue weighted by atomic mass is 127. The van der Waals surface area contributed by atoms with Gasteiger partial charge in [-0.3, -0.25) is 4.99 Å². The Morgan fingerprint density at radius 3 is 2.46 bits per heavy atom. The molecule has 0 aromatic heterocycles. The van der Waals surface area contributed by atoms with Gasteiger partial charge in [-0.2, -0.15) is 0 Å². The second-order valence-electron chi connectivity index (χ2n) is 6.22. The van der Waals surface area contributed by atoms with E-state index in [1.807, 2.05) is 0 Å². The number of hydrogen-bond acceptors (Lipinski definition) is 3. The molecular formula is C20H24F2IN3O2. The van der Waals surface area contributed by atoms with Crippen molar-refractivity contribution in [2.75, 3.05) is 26.9 Å². The lowest BCUT2D eigenvalue weighted by Crippen LogP contribution is -2.39. The number of fused-ring (bicyclic) bond motifs is 1. The summed E-state index contributed by atoms with van der Waals surface area (Å²) in [5, 5.41) is 6.42. The highest BCUT2D eigenvalue weighted by molar-refractivity contribution is 14.0. The first-order chi connectivity index (χ1) is 13.2. The van der Waals surface area contributed by atoms with Gasteiger partial charge >= 0.3 is 0 Å². The molecule has 2 aromatic rings. The fourth-order valence-corrected chi connectivity index (χ4v) is 2.95. The zero-order chi connectivity index (χ0) is 19.1. The van der Waals surface area contributed by atoms with Crippen LogP contribution in [0.4, 0.5) is 8.78 Å². The van der Waals surface area contributed by atoms with Gasteiger partial charge in [-0.25, -0.2) is 8.78 Å². The van der Waals surface area contributed by atoms with Crippen LogP contribution in [0, 0.1) is 11.6 Å². The normalized spacial score (nSPS) is 13.2. The fraction of sp³-hybridized carbons (Fsp3) is 0.350. The number of hydrogen-bond donors (Lipinski definition) is 2. The number of rotatable bonds is 6. The van der Waals surface area contributed by atoms with Gasteiger partial charge in [-0.05, 0) is 48.2 Å². The van der Waals surface area contributed by atoms with Crippen LogP contribution in [0.5, 0.6) is 5.75 Å². The molecular weight excluding hydrogens is 479 g/mol. The largest absolute Gasteiger partial charge is 0.467 e. The average Bonchev–Trinajstić information content (AvgIpc) is 2.68. The van der Waals surface area contributed by atoms with Crippen LogP contribution in [-0.4, -0.2) is 32.9 Å². The van der Waals surface area contributed by atoms with E-state index >= 15 is 0 Å². The molecule has 0 radical (unpaired) electrons. The van der Waals surface area contributed by atoms with Gasteiger partial charge in [0, 0.05) is 25.7 Å². The minimum atomic E-state index is -0.292. The molecule has 1 aliphatic rings. The van der Waals surface area contributed by atoms with Crippen molar-refractivity contribution in [3.8, 4) is 5.75 Å². The van der Waals surface area contributed by atoms with Crippen LogP contribution in [0.1, 0.15) is 16.7 Å². The first-order valence-electron chi connectivity index (χ1n) is 8.86. The molecule has 1 aliphatic heterocycles. The van der Waals surface area contributed by atoms with E-state index in [1.54, 1.807) is 19.2 Å². The Morgan fingerprint density at radius 2 is 1.75 bits per heavy atom. The molecule has 28 heavy (non-hydrogen) atoms. The molecule has 0 aliphatic carbocycles. The van der Waals surface area contributed by atoms with E-state index in [2.05, 4.69) is 15.6 Å². The summed E-state index contributed by atoms with van der Waals surface area (Å²) in [7, 11) is 1.69. The van der Waals surface area contributed by atoms with E-state index in [0.29, 0.717) is 37.8 Å². The van der Waals surface area contributed by atoms with Gasteiger partial charge < -0.3 is 20.1 Å². The predicted molar refractivity (Wildman–Crippen MR) is 115 cm³/mol. The molecule has 0 fully saturated rings. The molecule has 0 spiro atoms. The molecule has 0 saturated heterocycles. The molecule has 2 N–H and O–H groups in total. The third-order valence-corrected chi connectivity index (χ3v) is 4.28. The van der Waals surface area contributed by atoms with Gasteiger partial charge in [0.05, 0.1) is 6.61 Å². The van der Waals surface area contributed by atoms with E-state index in [0.717, 1.165) is 23.1 Å². The van der Waals surface area contributed by atoms with Crippen molar-refractivity contribution in [1.82, 2.24) is 10.6 Å². The molecule has 0 amide bonds. The van der Waals surface area contributed by atoms with Gasteiger partial charge in [-0.15, -0.1) is 24.0 Å².